The van der Waals surface area contributed by atoms with Crippen LogP contribution in [0.1, 0.15) is 87.8 Å². The van der Waals surface area contributed by atoms with Gasteiger partial charge in [0.15, 0.2) is 6.10 Å². The number of carbonyl (C=O) groups excluding carboxylic acids is 1. The third-order valence-corrected chi connectivity index (χ3v) is 6.21. The zero-order valence-corrected chi connectivity index (χ0v) is 20.1. The molecule has 0 fully saturated rings. The Bertz CT molecular complexity index is 909. The number of unbranched alkanes of at least 4 members (excludes halogenated alkanes) is 9. The Kier molecular flexibility index (Phi) is 11.0. The van der Waals surface area contributed by atoms with Gasteiger partial charge in [0.05, 0.1) is 18.8 Å². The molecule has 1 atom stereocenters. The van der Waals surface area contributed by atoms with Crippen LogP contribution in [0.3, 0.4) is 0 Å². The molecule has 0 saturated heterocycles. The molecule has 1 aliphatic rings. The van der Waals surface area contributed by atoms with Crippen molar-refractivity contribution in [2.75, 3.05) is 6.61 Å². The van der Waals surface area contributed by atoms with Crippen LogP contribution >= 0.6 is 0 Å². The van der Waals surface area contributed by atoms with Crippen LogP contribution in [-0.2, 0) is 20.9 Å². The molecule has 0 radical (unpaired) electrons. The van der Waals surface area contributed by atoms with Crippen LogP contribution in [-0.4, -0.2) is 18.7 Å². The average Bonchev–Trinajstić information content (AvgIpc) is 2.86. The van der Waals surface area contributed by atoms with Crippen LogP contribution in [0, 0.1) is 0 Å². The van der Waals surface area contributed by atoms with Crippen LogP contribution in [0.5, 0.6) is 0 Å². The second-order valence-electron chi connectivity index (χ2n) is 8.86. The summed E-state index contributed by atoms with van der Waals surface area (Å²) in [6.07, 6.45) is 14.4. The molecule has 0 saturated carbocycles. The fourth-order valence-corrected chi connectivity index (χ4v) is 4.31. The average molecular weight is 447 g/mol. The summed E-state index contributed by atoms with van der Waals surface area (Å²) >= 11 is 0. The van der Waals surface area contributed by atoms with E-state index in [1.165, 1.54) is 57.8 Å². The van der Waals surface area contributed by atoms with E-state index in [0.717, 1.165) is 23.1 Å². The van der Waals surface area contributed by atoms with Crippen molar-refractivity contribution in [3.8, 4) is 0 Å². The molecule has 0 heterocycles. The first-order valence-corrected chi connectivity index (χ1v) is 12.7. The normalized spacial score (nSPS) is 15.0. The van der Waals surface area contributed by atoms with Gasteiger partial charge in [0.2, 0.25) is 0 Å². The summed E-state index contributed by atoms with van der Waals surface area (Å²) in [7, 11) is 0. The molecule has 0 aliphatic heterocycles. The first-order chi connectivity index (χ1) is 16.3. The standard InChI is InChI=1S/C30H38O3/c1-2-3-4-5-6-7-8-9-10-16-21-32-29-22-26-19-14-15-20-27(26)28(23-31)30(29)33-24-25-17-12-11-13-18-25/h11-15,17-20,22,30H,2-10,16,21,24H2,1H3. The molecule has 0 bridgehead atoms. The van der Waals surface area contributed by atoms with Gasteiger partial charge in [-0.3, -0.25) is 0 Å². The predicted molar refractivity (Wildman–Crippen MR) is 136 cm³/mol. The molecular weight excluding hydrogens is 408 g/mol. The molecule has 2 aromatic carbocycles. The molecule has 176 valence electrons. The Morgan fingerprint density at radius 1 is 0.788 bits per heavy atom. The summed E-state index contributed by atoms with van der Waals surface area (Å²) < 4.78 is 12.4. The van der Waals surface area contributed by atoms with Crippen molar-refractivity contribution in [3.05, 3.63) is 77.0 Å². The van der Waals surface area contributed by atoms with E-state index in [0.29, 0.717) is 24.5 Å². The number of benzene rings is 2. The summed E-state index contributed by atoms with van der Waals surface area (Å²) in [5, 5.41) is 0. The molecule has 0 spiro atoms. The lowest BCUT2D eigenvalue weighted by Crippen LogP contribution is -2.24. The molecule has 2 aromatic rings. The molecular formula is C30H38O3. The lowest BCUT2D eigenvalue weighted by atomic mass is 9.90. The van der Waals surface area contributed by atoms with Gasteiger partial charge in [-0.25, -0.2) is 4.79 Å². The maximum atomic E-state index is 11.9. The molecule has 1 unspecified atom stereocenters. The van der Waals surface area contributed by atoms with Gasteiger partial charge in [-0.05, 0) is 29.2 Å². The zero-order chi connectivity index (χ0) is 23.1. The van der Waals surface area contributed by atoms with Crippen molar-refractivity contribution in [2.24, 2.45) is 0 Å². The lowest BCUT2D eigenvalue weighted by molar-refractivity contribution is 0.0515. The third kappa shape index (κ3) is 8.03. The zero-order valence-electron chi connectivity index (χ0n) is 20.1. The van der Waals surface area contributed by atoms with E-state index in [1.54, 1.807) is 0 Å². The molecule has 33 heavy (non-hydrogen) atoms. The van der Waals surface area contributed by atoms with Gasteiger partial charge >= 0.3 is 0 Å². The highest BCUT2D eigenvalue weighted by atomic mass is 16.5. The summed E-state index contributed by atoms with van der Waals surface area (Å²) in [6, 6.07) is 17.9. The summed E-state index contributed by atoms with van der Waals surface area (Å²) in [5.74, 6) is 2.85. The van der Waals surface area contributed by atoms with Crippen LogP contribution in [0.4, 0.5) is 0 Å². The Labute approximate surface area is 199 Å². The van der Waals surface area contributed by atoms with Crippen molar-refractivity contribution in [1.82, 2.24) is 0 Å². The SMILES string of the molecule is CCCCCCCCCCCCOC1=Cc2ccccc2C(=C=O)C1OCc1ccccc1. The Hall–Kier alpha value is -2.61. The molecule has 3 nitrogen and oxygen atoms in total. The minimum atomic E-state index is -0.527. The lowest BCUT2D eigenvalue weighted by Gasteiger charge is -2.27. The van der Waals surface area contributed by atoms with Crippen LogP contribution in [0.25, 0.3) is 11.6 Å². The smallest absolute Gasteiger partial charge is 0.151 e. The monoisotopic (exact) mass is 446 g/mol. The Morgan fingerprint density at radius 2 is 1.42 bits per heavy atom. The number of fused-ring (bicyclic) bond motifs is 1. The van der Waals surface area contributed by atoms with Crippen molar-refractivity contribution in [2.45, 2.75) is 83.8 Å². The van der Waals surface area contributed by atoms with Gasteiger partial charge in [0.25, 0.3) is 0 Å². The summed E-state index contributed by atoms with van der Waals surface area (Å²) in [6.45, 7) is 3.32. The maximum absolute atomic E-state index is 11.9. The van der Waals surface area contributed by atoms with Gasteiger partial charge in [-0.2, -0.15) is 0 Å². The predicted octanol–water partition coefficient (Wildman–Crippen LogP) is 7.78. The van der Waals surface area contributed by atoms with E-state index in [9.17, 15) is 4.79 Å². The van der Waals surface area contributed by atoms with E-state index >= 15 is 0 Å². The fourth-order valence-electron chi connectivity index (χ4n) is 4.31. The van der Waals surface area contributed by atoms with Crippen molar-refractivity contribution < 1.29 is 14.3 Å². The quantitative estimate of drug-likeness (QED) is 0.207. The van der Waals surface area contributed by atoms with Gasteiger partial charge in [0.1, 0.15) is 11.7 Å². The topological polar surface area (TPSA) is 35.5 Å². The molecule has 3 rings (SSSR count). The number of ether oxygens (including phenoxy) is 2. The maximum Gasteiger partial charge on any atom is 0.151 e. The van der Waals surface area contributed by atoms with E-state index < -0.39 is 6.10 Å². The number of hydrogen-bond acceptors (Lipinski definition) is 3. The van der Waals surface area contributed by atoms with Crippen molar-refractivity contribution >= 4 is 17.6 Å². The van der Waals surface area contributed by atoms with E-state index in [1.807, 2.05) is 60.7 Å². The highest BCUT2D eigenvalue weighted by Gasteiger charge is 2.29. The van der Waals surface area contributed by atoms with Gasteiger partial charge in [0, 0.05) is 0 Å². The van der Waals surface area contributed by atoms with E-state index in [4.69, 9.17) is 9.47 Å². The highest BCUT2D eigenvalue weighted by molar-refractivity contribution is 5.96. The third-order valence-electron chi connectivity index (χ3n) is 6.21. The minimum Gasteiger partial charge on any atom is -0.495 e. The number of rotatable bonds is 15. The molecule has 0 amide bonds. The second kappa shape index (κ2) is 14.5. The minimum absolute atomic E-state index is 0.414. The number of hydrogen-bond donors (Lipinski definition) is 0. The first kappa shape index (κ1) is 25.0. The molecule has 1 aliphatic carbocycles. The largest absolute Gasteiger partial charge is 0.495 e. The van der Waals surface area contributed by atoms with Crippen LogP contribution in [0.15, 0.2) is 60.4 Å². The van der Waals surface area contributed by atoms with Crippen LogP contribution in [0.2, 0.25) is 0 Å². The fraction of sp³-hybridized carbons (Fsp3) is 0.467. The first-order valence-electron chi connectivity index (χ1n) is 12.7. The summed E-state index contributed by atoms with van der Waals surface area (Å²) in [4.78, 5) is 11.9. The highest BCUT2D eigenvalue weighted by Crippen LogP contribution is 2.34. The van der Waals surface area contributed by atoms with Crippen LogP contribution < -0.4 is 0 Å². The molecule has 0 aromatic heterocycles. The van der Waals surface area contributed by atoms with Crippen molar-refractivity contribution in [3.63, 3.8) is 0 Å². The Morgan fingerprint density at radius 3 is 2.12 bits per heavy atom. The van der Waals surface area contributed by atoms with Crippen molar-refractivity contribution in [1.29, 1.82) is 0 Å². The van der Waals surface area contributed by atoms with E-state index in [-0.39, 0.29) is 0 Å². The van der Waals surface area contributed by atoms with E-state index in [2.05, 4.69) is 12.9 Å². The second-order valence-corrected chi connectivity index (χ2v) is 8.86. The van der Waals surface area contributed by atoms with Gasteiger partial charge in [-0.15, -0.1) is 0 Å². The van der Waals surface area contributed by atoms with Gasteiger partial charge < -0.3 is 9.47 Å². The molecule has 3 heteroatoms. The van der Waals surface area contributed by atoms with Gasteiger partial charge in [-0.1, -0.05) is 119 Å². The molecule has 0 N–H and O–H groups in total. The Balaban J connectivity index is 1.50. The summed E-state index contributed by atoms with van der Waals surface area (Å²) in [5.41, 5.74) is 3.43.